The first-order chi connectivity index (χ1) is 11.4. The van der Waals surface area contributed by atoms with Crippen LogP contribution in [0.5, 0.6) is 0 Å². The Kier molecular flexibility index (Phi) is 4.81. The van der Waals surface area contributed by atoms with Crippen molar-refractivity contribution in [1.82, 2.24) is 30.0 Å². The third-order valence-electron chi connectivity index (χ3n) is 4.16. The highest BCUT2D eigenvalue weighted by Gasteiger charge is 2.32. The summed E-state index contributed by atoms with van der Waals surface area (Å²) < 4.78 is 38.7. The molecule has 0 amide bonds. The topological polar surface area (TPSA) is 50.1 Å². The van der Waals surface area contributed by atoms with Crippen LogP contribution in [-0.2, 0) is 13.1 Å². The van der Waals surface area contributed by atoms with E-state index in [2.05, 4.69) is 25.3 Å². The number of piperazine rings is 1. The molecule has 1 aromatic carbocycles. The van der Waals surface area contributed by atoms with E-state index >= 15 is 0 Å². The van der Waals surface area contributed by atoms with Gasteiger partial charge in [0, 0.05) is 25.7 Å². The molecule has 0 unspecified atom stereocenters. The molecule has 1 aliphatic rings. The standard InChI is InChI=1S/C15H19F3N6/c1-22-7-8-23(13(9-22)12-5-3-2-4-6-12)10-14-19-20-21-24(14)11-15(16,17)18/h2-6,13H,7-11H2,1H3/t13-/m1/s1. The largest absolute Gasteiger partial charge is 0.408 e. The molecular weight excluding hydrogens is 321 g/mol. The van der Waals surface area contributed by atoms with Crippen molar-refractivity contribution in [3.63, 3.8) is 0 Å². The van der Waals surface area contributed by atoms with Crippen LogP contribution >= 0.6 is 0 Å². The van der Waals surface area contributed by atoms with E-state index in [9.17, 15) is 13.2 Å². The van der Waals surface area contributed by atoms with E-state index in [1.807, 2.05) is 37.4 Å². The van der Waals surface area contributed by atoms with E-state index in [0.717, 1.165) is 29.9 Å². The first-order valence-corrected chi connectivity index (χ1v) is 7.72. The Hall–Kier alpha value is -2.00. The van der Waals surface area contributed by atoms with Crippen molar-refractivity contribution < 1.29 is 13.2 Å². The molecule has 0 aliphatic carbocycles. The third kappa shape index (κ3) is 4.09. The van der Waals surface area contributed by atoms with Gasteiger partial charge in [0.25, 0.3) is 0 Å². The molecule has 1 saturated heterocycles. The molecule has 130 valence electrons. The molecule has 2 aromatic rings. The van der Waals surface area contributed by atoms with E-state index in [1.54, 1.807) is 0 Å². The third-order valence-corrected chi connectivity index (χ3v) is 4.16. The number of nitrogens with zero attached hydrogens (tertiary/aromatic N) is 6. The molecule has 2 heterocycles. The molecule has 0 radical (unpaired) electrons. The van der Waals surface area contributed by atoms with Gasteiger partial charge in [-0.05, 0) is 23.0 Å². The number of hydrogen-bond donors (Lipinski definition) is 0. The van der Waals surface area contributed by atoms with Gasteiger partial charge in [0.1, 0.15) is 6.54 Å². The van der Waals surface area contributed by atoms with Crippen LogP contribution in [0.3, 0.4) is 0 Å². The zero-order valence-electron chi connectivity index (χ0n) is 13.3. The van der Waals surface area contributed by atoms with Crippen LogP contribution in [-0.4, -0.2) is 62.9 Å². The van der Waals surface area contributed by atoms with Gasteiger partial charge in [-0.15, -0.1) is 5.10 Å². The molecule has 0 saturated carbocycles. The lowest BCUT2D eigenvalue weighted by Gasteiger charge is -2.40. The maximum Gasteiger partial charge on any atom is 0.408 e. The average Bonchev–Trinajstić information content (AvgIpc) is 2.95. The molecular formula is C15H19F3N6. The summed E-state index contributed by atoms with van der Waals surface area (Å²) in [5.41, 5.74) is 1.14. The lowest BCUT2D eigenvalue weighted by Crippen LogP contribution is -2.46. The van der Waals surface area contributed by atoms with Gasteiger partial charge < -0.3 is 4.90 Å². The minimum absolute atomic E-state index is 0.0981. The monoisotopic (exact) mass is 340 g/mol. The van der Waals surface area contributed by atoms with Crippen molar-refractivity contribution in [2.45, 2.75) is 25.3 Å². The second-order valence-electron chi connectivity index (χ2n) is 6.03. The minimum Gasteiger partial charge on any atom is -0.303 e. The summed E-state index contributed by atoms with van der Waals surface area (Å²) in [6, 6.07) is 10.1. The van der Waals surface area contributed by atoms with Crippen molar-refractivity contribution in [2.75, 3.05) is 26.7 Å². The number of benzene rings is 1. The molecule has 0 spiro atoms. The van der Waals surface area contributed by atoms with Crippen molar-refractivity contribution in [3.05, 3.63) is 41.7 Å². The molecule has 1 atom stereocenters. The Balaban J connectivity index is 1.79. The number of likely N-dealkylation sites (N-methyl/N-ethyl adjacent to an activating group) is 1. The van der Waals surface area contributed by atoms with Crippen LogP contribution < -0.4 is 0 Å². The second kappa shape index (κ2) is 6.86. The molecule has 0 bridgehead atoms. The average molecular weight is 340 g/mol. The highest BCUT2D eigenvalue weighted by atomic mass is 19.4. The van der Waals surface area contributed by atoms with Crippen molar-refractivity contribution >= 4 is 0 Å². The van der Waals surface area contributed by atoms with Gasteiger partial charge in [0.05, 0.1) is 6.54 Å². The van der Waals surface area contributed by atoms with Crippen LogP contribution in [0.4, 0.5) is 13.2 Å². The maximum absolute atomic E-state index is 12.6. The van der Waals surface area contributed by atoms with Crippen LogP contribution in [0.25, 0.3) is 0 Å². The zero-order valence-corrected chi connectivity index (χ0v) is 13.3. The van der Waals surface area contributed by atoms with E-state index < -0.39 is 12.7 Å². The quantitative estimate of drug-likeness (QED) is 0.848. The van der Waals surface area contributed by atoms with Gasteiger partial charge in [0.15, 0.2) is 5.82 Å². The van der Waals surface area contributed by atoms with Gasteiger partial charge in [-0.3, -0.25) is 4.90 Å². The highest BCUT2D eigenvalue weighted by molar-refractivity contribution is 5.20. The van der Waals surface area contributed by atoms with Crippen molar-refractivity contribution in [1.29, 1.82) is 0 Å². The fourth-order valence-electron chi connectivity index (χ4n) is 2.95. The normalized spacial score (nSPS) is 20.4. The maximum atomic E-state index is 12.6. The summed E-state index contributed by atoms with van der Waals surface area (Å²) in [6.07, 6.45) is -4.34. The first kappa shape index (κ1) is 16.8. The summed E-state index contributed by atoms with van der Waals surface area (Å²) >= 11 is 0. The Labute approximate surface area is 137 Å². The van der Waals surface area contributed by atoms with Crippen LogP contribution in [0.2, 0.25) is 0 Å². The molecule has 3 rings (SSSR count). The number of alkyl halides is 3. The van der Waals surface area contributed by atoms with E-state index in [1.165, 1.54) is 0 Å². The SMILES string of the molecule is CN1CCN(Cc2nnnn2CC(F)(F)F)[C@@H](c2ccccc2)C1. The molecule has 1 aliphatic heterocycles. The minimum atomic E-state index is -4.34. The summed E-state index contributed by atoms with van der Waals surface area (Å²) in [6.45, 7) is 1.53. The number of aromatic nitrogens is 4. The number of halogens is 3. The predicted molar refractivity (Wildman–Crippen MR) is 81.0 cm³/mol. The smallest absolute Gasteiger partial charge is 0.303 e. The van der Waals surface area contributed by atoms with Gasteiger partial charge in [-0.1, -0.05) is 30.3 Å². The molecule has 24 heavy (non-hydrogen) atoms. The highest BCUT2D eigenvalue weighted by Crippen LogP contribution is 2.26. The van der Waals surface area contributed by atoms with Gasteiger partial charge in [-0.25, -0.2) is 4.68 Å². The number of tetrazole rings is 1. The predicted octanol–water partition coefficient (Wildman–Crippen LogP) is 1.72. The van der Waals surface area contributed by atoms with Crippen LogP contribution in [0.15, 0.2) is 30.3 Å². The molecule has 1 aromatic heterocycles. The molecule has 6 nitrogen and oxygen atoms in total. The van der Waals surface area contributed by atoms with Gasteiger partial charge in [0.2, 0.25) is 0 Å². The van der Waals surface area contributed by atoms with Gasteiger partial charge >= 0.3 is 6.18 Å². The lowest BCUT2D eigenvalue weighted by atomic mass is 10.0. The Morgan fingerprint density at radius 3 is 2.62 bits per heavy atom. The van der Waals surface area contributed by atoms with Crippen LogP contribution in [0, 0.1) is 0 Å². The lowest BCUT2D eigenvalue weighted by molar-refractivity contribution is -0.143. The molecule has 1 fully saturated rings. The zero-order chi connectivity index (χ0) is 17.2. The first-order valence-electron chi connectivity index (χ1n) is 7.72. The Bertz CT molecular complexity index is 657. The molecule has 9 heteroatoms. The second-order valence-corrected chi connectivity index (χ2v) is 6.03. The number of rotatable bonds is 4. The summed E-state index contributed by atoms with van der Waals surface area (Å²) in [4.78, 5) is 4.35. The van der Waals surface area contributed by atoms with E-state index in [-0.39, 0.29) is 18.4 Å². The summed E-state index contributed by atoms with van der Waals surface area (Å²) in [7, 11) is 2.04. The fourth-order valence-corrected chi connectivity index (χ4v) is 2.95. The Morgan fingerprint density at radius 2 is 1.92 bits per heavy atom. The summed E-state index contributed by atoms with van der Waals surface area (Å²) in [5.74, 6) is 0.234. The van der Waals surface area contributed by atoms with Crippen LogP contribution in [0.1, 0.15) is 17.4 Å². The number of hydrogen-bond acceptors (Lipinski definition) is 5. The van der Waals surface area contributed by atoms with E-state index in [4.69, 9.17) is 0 Å². The fraction of sp³-hybridized carbons (Fsp3) is 0.533. The van der Waals surface area contributed by atoms with Crippen molar-refractivity contribution in [3.8, 4) is 0 Å². The van der Waals surface area contributed by atoms with E-state index in [0.29, 0.717) is 0 Å². The van der Waals surface area contributed by atoms with Crippen molar-refractivity contribution in [2.24, 2.45) is 0 Å². The summed E-state index contributed by atoms with van der Waals surface area (Å²) in [5, 5.41) is 10.7. The van der Waals surface area contributed by atoms with Gasteiger partial charge in [-0.2, -0.15) is 13.2 Å². The Morgan fingerprint density at radius 1 is 1.17 bits per heavy atom. The molecule has 0 N–H and O–H groups in total.